The van der Waals surface area contributed by atoms with Crippen LogP contribution in [0.2, 0.25) is 0 Å². The van der Waals surface area contributed by atoms with Crippen LogP contribution in [0.3, 0.4) is 0 Å². The van der Waals surface area contributed by atoms with Crippen molar-refractivity contribution in [3.8, 4) is 11.5 Å². The van der Waals surface area contributed by atoms with Crippen molar-refractivity contribution in [2.45, 2.75) is 32.7 Å². The fraction of sp³-hybridized carbons (Fsp3) is 0.286. The van der Waals surface area contributed by atoms with Crippen molar-refractivity contribution in [2.24, 2.45) is 0 Å². The lowest BCUT2D eigenvalue weighted by molar-refractivity contribution is 0.0697. The zero-order chi connectivity index (χ0) is 20.0. The van der Waals surface area contributed by atoms with Crippen LogP contribution in [0.5, 0.6) is 0 Å². The molecule has 0 atom stereocenters. The van der Waals surface area contributed by atoms with Gasteiger partial charge in [0.2, 0.25) is 0 Å². The van der Waals surface area contributed by atoms with Crippen LogP contribution in [0.1, 0.15) is 41.9 Å². The van der Waals surface area contributed by atoms with E-state index in [2.05, 4.69) is 4.98 Å². The van der Waals surface area contributed by atoms with Gasteiger partial charge < -0.3 is 14.4 Å². The molecule has 2 aromatic heterocycles. The van der Waals surface area contributed by atoms with Gasteiger partial charge in [0.1, 0.15) is 17.3 Å². The normalized spacial score (nSPS) is 13.5. The lowest BCUT2D eigenvalue weighted by atomic mass is 10.0. The van der Waals surface area contributed by atoms with E-state index in [9.17, 15) is 14.3 Å². The smallest absolute Gasteiger partial charge is 0.335 e. The number of halogens is 1. The minimum atomic E-state index is -1.01. The van der Waals surface area contributed by atoms with Gasteiger partial charge in [-0.2, -0.15) is 0 Å². The molecule has 0 radical (unpaired) electrons. The van der Waals surface area contributed by atoms with Crippen LogP contribution < -0.4 is 4.90 Å². The third-order valence-corrected chi connectivity index (χ3v) is 4.98. The Balaban J connectivity index is 1.92. The van der Waals surface area contributed by atoms with Gasteiger partial charge in [0, 0.05) is 31.5 Å². The number of aryl methyl sites for hydroxylation is 1. The molecule has 0 saturated carbocycles. The quantitative estimate of drug-likeness (QED) is 0.706. The maximum Gasteiger partial charge on any atom is 0.335 e. The summed E-state index contributed by atoms with van der Waals surface area (Å²) in [6.45, 7) is 4.04. The maximum atomic E-state index is 13.6. The summed E-state index contributed by atoms with van der Waals surface area (Å²) in [7, 11) is 1.90. The molecule has 6 nitrogen and oxygen atoms in total. The number of hydrogen-bond acceptors (Lipinski definition) is 5. The lowest BCUT2D eigenvalue weighted by Gasteiger charge is -2.24. The molecule has 0 amide bonds. The van der Waals surface area contributed by atoms with Gasteiger partial charge in [0.05, 0.1) is 16.6 Å². The minimum absolute atomic E-state index is 0.134. The van der Waals surface area contributed by atoms with Crippen LogP contribution in [-0.2, 0) is 6.42 Å². The van der Waals surface area contributed by atoms with Gasteiger partial charge in [-0.15, -0.1) is 0 Å². The van der Waals surface area contributed by atoms with Crippen molar-refractivity contribution >= 4 is 28.9 Å². The zero-order valence-electron chi connectivity index (χ0n) is 15.9. The highest BCUT2D eigenvalue weighted by Crippen LogP contribution is 2.36. The highest BCUT2D eigenvalue weighted by Gasteiger charge is 2.23. The summed E-state index contributed by atoms with van der Waals surface area (Å²) in [5.41, 5.74) is 2.49. The molecule has 1 aliphatic carbocycles. The number of allylic oxidation sites excluding steroid dienone is 1. The van der Waals surface area contributed by atoms with Gasteiger partial charge in [-0.1, -0.05) is 0 Å². The van der Waals surface area contributed by atoms with E-state index in [1.807, 2.05) is 25.8 Å². The molecule has 7 heteroatoms. The van der Waals surface area contributed by atoms with Crippen LogP contribution in [0.15, 0.2) is 34.5 Å². The molecule has 3 aromatic rings. The second-order valence-corrected chi connectivity index (χ2v) is 7.19. The van der Waals surface area contributed by atoms with Gasteiger partial charge in [0.25, 0.3) is 0 Å². The van der Waals surface area contributed by atoms with E-state index in [0.717, 1.165) is 11.3 Å². The Morgan fingerprint density at radius 3 is 2.71 bits per heavy atom. The molecular weight excluding hydrogens is 361 g/mol. The molecule has 2 heterocycles. The number of rotatable bonds is 4. The molecule has 0 fully saturated rings. The SMILES string of the molecule is CC(C)N(C)c1nc2cc(C(=O)O)ccc2nc1-c1cc2c(o1)CCC(F)=C2. The number of carbonyl (C=O) groups is 1. The molecule has 1 aliphatic rings. The van der Waals surface area contributed by atoms with E-state index < -0.39 is 5.97 Å². The first-order chi connectivity index (χ1) is 13.3. The lowest BCUT2D eigenvalue weighted by Crippen LogP contribution is -2.27. The number of anilines is 1. The number of aromatic carboxylic acids is 1. The Kier molecular flexibility index (Phi) is 4.37. The highest BCUT2D eigenvalue weighted by atomic mass is 19.1. The summed E-state index contributed by atoms with van der Waals surface area (Å²) < 4.78 is 19.6. The average molecular weight is 381 g/mol. The zero-order valence-corrected chi connectivity index (χ0v) is 15.9. The van der Waals surface area contributed by atoms with Crippen LogP contribution in [0, 0.1) is 0 Å². The third-order valence-electron chi connectivity index (χ3n) is 4.98. The molecule has 0 spiro atoms. The van der Waals surface area contributed by atoms with E-state index in [0.29, 0.717) is 41.1 Å². The van der Waals surface area contributed by atoms with Gasteiger partial charge in [-0.05, 0) is 44.2 Å². The second-order valence-electron chi connectivity index (χ2n) is 7.19. The highest BCUT2D eigenvalue weighted by molar-refractivity contribution is 5.93. The van der Waals surface area contributed by atoms with Gasteiger partial charge in [-0.25, -0.2) is 19.2 Å². The van der Waals surface area contributed by atoms with Crippen molar-refractivity contribution in [3.05, 3.63) is 47.0 Å². The molecule has 144 valence electrons. The predicted molar refractivity (Wildman–Crippen MR) is 105 cm³/mol. The number of fused-ring (bicyclic) bond motifs is 2. The first-order valence-corrected chi connectivity index (χ1v) is 9.10. The molecule has 1 N–H and O–H groups in total. The predicted octanol–water partition coefficient (Wildman–Crippen LogP) is 4.69. The number of furan rings is 1. The fourth-order valence-corrected chi connectivity index (χ4v) is 3.18. The summed E-state index contributed by atoms with van der Waals surface area (Å²) in [4.78, 5) is 22.6. The number of carboxylic acids is 1. The third kappa shape index (κ3) is 3.13. The van der Waals surface area contributed by atoms with E-state index in [1.54, 1.807) is 12.1 Å². The molecule has 0 bridgehead atoms. The Labute approximate surface area is 161 Å². The number of nitrogens with zero attached hydrogens (tertiary/aromatic N) is 3. The first-order valence-electron chi connectivity index (χ1n) is 9.10. The summed E-state index contributed by atoms with van der Waals surface area (Å²) in [5.74, 6) is 0.664. The van der Waals surface area contributed by atoms with E-state index in [1.165, 1.54) is 18.2 Å². The summed E-state index contributed by atoms with van der Waals surface area (Å²) in [6.07, 6.45) is 2.33. The largest absolute Gasteiger partial charge is 0.478 e. The molecule has 28 heavy (non-hydrogen) atoms. The first kappa shape index (κ1) is 18.2. The standard InChI is InChI=1S/C21H20FN3O3/c1-11(2)25(3)20-19(18-10-13-8-14(22)5-7-17(13)28-18)23-15-6-4-12(21(26)27)9-16(15)24-20/h4,6,8-11H,5,7H2,1-3H3,(H,26,27). The van der Waals surface area contributed by atoms with E-state index >= 15 is 0 Å². The van der Waals surface area contributed by atoms with Crippen LogP contribution in [-0.4, -0.2) is 34.1 Å². The van der Waals surface area contributed by atoms with E-state index in [-0.39, 0.29) is 17.4 Å². The number of aromatic nitrogens is 2. The number of hydrogen-bond donors (Lipinski definition) is 1. The average Bonchev–Trinajstić information content (AvgIpc) is 3.08. The topological polar surface area (TPSA) is 79.5 Å². The van der Waals surface area contributed by atoms with Gasteiger partial charge >= 0.3 is 5.97 Å². The Bertz CT molecular complexity index is 1120. The summed E-state index contributed by atoms with van der Waals surface area (Å²) in [6, 6.07) is 6.57. The van der Waals surface area contributed by atoms with Gasteiger partial charge in [0.15, 0.2) is 11.6 Å². The monoisotopic (exact) mass is 381 g/mol. The van der Waals surface area contributed by atoms with Crippen molar-refractivity contribution in [2.75, 3.05) is 11.9 Å². The minimum Gasteiger partial charge on any atom is -0.478 e. The Hall–Kier alpha value is -3.22. The van der Waals surface area contributed by atoms with E-state index in [4.69, 9.17) is 9.40 Å². The van der Waals surface area contributed by atoms with Crippen molar-refractivity contribution in [1.29, 1.82) is 0 Å². The molecule has 0 aliphatic heterocycles. The Morgan fingerprint density at radius 2 is 2.00 bits per heavy atom. The molecule has 0 saturated heterocycles. The fourth-order valence-electron chi connectivity index (χ4n) is 3.18. The maximum absolute atomic E-state index is 13.6. The van der Waals surface area contributed by atoms with Crippen molar-refractivity contribution in [3.63, 3.8) is 0 Å². The van der Waals surface area contributed by atoms with Crippen LogP contribution in [0.4, 0.5) is 10.2 Å². The molecule has 4 rings (SSSR count). The van der Waals surface area contributed by atoms with Crippen LogP contribution in [0.25, 0.3) is 28.6 Å². The van der Waals surface area contributed by atoms with Gasteiger partial charge in [-0.3, -0.25) is 0 Å². The molecule has 1 aromatic carbocycles. The van der Waals surface area contributed by atoms with Crippen molar-refractivity contribution < 1.29 is 18.7 Å². The Morgan fingerprint density at radius 1 is 1.21 bits per heavy atom. The molecular formula is C21H20FN3O3. The number of carboxylic acid groups (broad SMARTS) is 1. The number of benzene rings is 1. The van der Waals surface area contributed by atoms with Crippen molar-refractivity contribution in [1.82, 2.24) is 9.97 Å². The van der Waals surface area contributed by atoms with Crippen LogP contribution >= 0.6 is 0 Å². The summed E-state index contributed by atoms with van der Waals surface area (Å²) >= 11 is 0. The second kappa shape index (κ2) is 6.74. The molecule has 0 unspecified atom stereocenters. The summed E-state index contributed by atoms with van der Waals surface area (Å²) in [5, 5.41) is 9.25.